The van der Waals surface area contributed by atoms with Crippen LogP contribution in [0.4, 0.5) is 5.69 Å². The van der Waals surface area contributed by atoms with Gasteiger partial charge in [0.15, 0.2) is 0 Å². The van der Waals surface area contributed by atoms with Gasteiger partial charge in [0.2, 0.25) is 11.6 Å². The molecule has 6 heteroatoms. The van der Waals surface area contributed by atoms with E-state index in [-0.39, 0.29) is 29.7 Å². The van der Waals surface area contributed by atoms with Crippen molar-refractivity contribution in [2.75, 3.05) is 11.9 Å². The van der Waals surface area contributed by atoms with E-state index in [2.05, 4.69) is 5.32 Å². The van der Waals surface area contributed by atoms with Crippen molar-refractivity contribution in [1.82, 2.24) is 10.2 Å². The van der Waals surface area contributed by atoms with Crippen molar-refractivity contribution in [2.45, 2.75) is 62.6 Å². The van der Waals surface area contributed by atoms with Crippen LogP contribution in [-0.4, -0.2) is 40.9 Å². The molecule has 4 bridgehead atoms. The monoisotopic (exact) mass is 393 g/mol. The van der Waals surface area contributed by atoms with Crippen LogP contribution in [0.5, 0.6) is 0 Å². The van der Waals surface area contributed by atoms with Gasteiger partial charge in [0, 0.05) is 25.4 Å². The maximum atomic E-state index is 13.9. The zero-order valence-corrected chi connectivity index (χ0v) is 16.8. The number of anilines is 1. The molecule has 1 saturated heterocycles. The summed E-state index contributed by atoms with van der Waals surface area (Å²) in [5.41, 5.74) is -0.341. The molecule has 29 heavy (non-hydrogen) atoms. The summed E-state index contributed by atoms with van der Waals surface area (Å²) in [5, 5.41) is 3.43. The number of carbonyl (C=O) groups is 3. The minimum atomic E-state index is -1.24. The average molecular weight is 393 g/mol. The molecule has 6 nitrogen and oxygen atoms in total. The zero-order valence-electron chi connectivity index (χ0n) is 16.8. The fraction of sp³-hybridized carbons (Fsp3) is 0.609. The first kappa shape index (κ1) is 17.5. The number of amides is 3. The predicted octanol–water partition coefficient (Wildman–Crippen LogP) is 2.68. The summed E-state index contributed by atoms with van der Waals surface area (Å²) in [4.78, 5) is 43.1. The van der Waals surface area contributed by atoms with Crippen LogP contribution in [0.1, 0.15) is 61.7 Å². The van der Waals surface area contributed by atoms with Gasteiger partial charge in [-0.05, 0) is 68.4 Å². The van der Waals surface area contributed by atoms with Gasteiger partial charge in [-0.25, -0.2) is 0 Å². The van der Waals surface area contributed by atoms with Gasteiger partial charge >= 0.3 is 0 Å². The molecule has 1 N–H and O–H groups in total. The quantitative estimate of drug-likeness (QED) is 0.840. The Hall–Kier alpha value is -2.37. The first-order chi connectivity index (χ1) is 13.9. The number of hydrogen-bond acceptors (Lipinski definition) is 3. The molecule has 0 spiro atoms. The number of hydrogen-bond donors (Lipinski definition) is 1. The number of likely N-dealkylation sites (N-methyl/N-ethyl adjacent to an activating group) is 1. The highest BCUT2D eigenvalue weighted by Crippen LogP contribution is 2.56. The first-order valence-corrected chi connectivity index (χ1v) is 10.9. The van der Waals surface area contributed by atoms with Crippen LogP contribution in [0.25, 0.3) is 0 Å². The summed E-state index contributed by atoms with van der Waals surface area (Å²) in [6, 6.07) is 7.15. The summed E-state index contributed by atoms with van der Waals surface area (Å²) < 4.78 is 0. The zero-order chi connectivity index (χ0) is 20.0. The first-order valence-electron chi connectivity index (χ1n) is 10.9. The topological polar surface area (TPSA) is 69.7 Å². The number of nitrogens with zero attached hydrogens (tertiary/aromatic N) is 2. The lowest BCUT2D eigenvalue weighted by Crippen LogP contribution is -2.72. The van der Waals surface area contributed by atoms with Crippen LogP contribution >= 0.6 is 0 Å². The lowest BCUT2D eigenvalue weighted by atomic mass is 9.53. The minimum absolute atomic E-state index is 0.0857. The van der Waals surface area contributed by atoms with Crippen LogP contribution in [0.2, 0.25) is 0 Å². The number of para-hydroxylation sites is 1. The summed E-state index contributed by atoms with van der Waals surface area (Å²) in [5.74, 6) is 1.70. The maximum Gasteiger partial charge on any atom is 0.267 e. The molecule has 4 saturated carbocycles. The van der Waals surface area contributed by atoms with Gasteiger partial charge in [0.1, 0.15) is 0 Å². The summed E-state index contributed by atoms with van der Waals surface area (Å²) >= 11 is 0. The van der Waals surface area contributed by atoms with Crippen molar-refractivity contribution in [1.29, 1.82) is 0 Å². The van der Waals surface area contributed by atoms with Gasteiger partial charge < -0.3 is 10.2 Å². The Morgan fingerprint density at radius 3 is 2.31 bits per heavy atom. The third kappa shape index (κ3) is 2.20. The van der Waals surface area contributed by atoms with Gasteiger partial charge in [0.05, 0.1) is 11.3 Å². The second-order valence-corrected chi connectivity index (χ2v) is 10.1. The van der Waals surface area contributed by atoms with Crippen molar-refractivity contribution >= 4 is 23.4 Å². The fourth-order valence-electron chi connectivity index (χ4n) is 7.53. The standard InChI is InChI=1S/C23H27N3O3/c1-25-20(28)17-4-2-3-5-18(17)26-19(27)6-7-23(25,26)21(29)24-22-11-14-8-15(12-22)10-16(9-14)13-22/h2-5,14-16H,6-13H2,1H3,(H,24,29). The van der Waals surface area contributed by atoms with E-state index in [1.807, 2.05) is 6.07 Å². The molecule has 1 unspecified atom stereocenters. The molecule has 2 heterocycles. The summed E-state index contributed by atoms with van der Waals surface area (Å²) in [6.07, 6.45) is 7.67. The van der Waals surface area contributed by atoms with E-state index in [0.717, 1.165) is 19.3 Å². The van der Waals surface area contributed by atoms with E-state index >= 15 is 0 Å². The van der Waals surface area contributed by atoms with Gasteiger partial charge in [-0.2, -0.15) is 0 Å². The Bertz CT molecular complexity index is 906. The van der Waals surface area contributed by atoms with Crippen molar-refractivity contribution in [3.05, 3.63) is 29.8 Å². The minimum Gasteiger partial charge on any atom is -0.347 e. The van der Waals surface area contributed by atoms with Crippen LogP contribution in [0, 0.1) is 17.8 Å². The SMILES string of the molecule is CN1C(=O)c2ccccc2N2C(=O)CCC12C(=O)NC12CC3CC(CC(C3)C1)C2. The molecule has 1 atom stereocenters. The normalized spacial score (nSPS) is 39.6. The van der Waals surface area contributed by atoms with E-state index < -0.39 is 5.66 Å². The molecule has 2 aliphatic heterocycles. The van der Waals surface area contributed by atoms with Crippen molar-refractivity contribution in [2.24, 2.45) is 17.8 Å². The molecule has 7 rings (SSSR count). The van der Waals surface area contributed by atoms with E-state index in [1.165, 1.54) is 24.2 Å². The van der Waals surface area contributed by atoms with Gasteiger partial charge in [-0.3, -0.25) is 19.3 Å². The van der Waals surface area contributed by atoms with Crippen LogP contribution in [0.3, 0.4) is 0 Å². The van der Waals surface area contributed by atoms with E-state index in [4.69, 9.17) is 0 Å². The number of rotatable bonds is 2. The highest BCUT2D eigenvalue weighted by Gasteiger charge is 2.61. The highest BCUT2D eigenvalue weighted by molar-refractivity contribution is 6.16. The molecule has 5 fully saturated rings. The smallest absolute Gasteiger partial charge is 0.267 e. The number of fused-ring (bicyclic) bond motifs is 3. The lowest BCUT2D eigenvalue weighted by Gasteiger charge is -2.58. The molecule has 4 aliphatic carbocycles. The number of nitrogens with one attached hydrogen (secondary N) is 1. The third-order valence-electron chi connectivity index (χ3n) is 8.32. The molecule has 152 valence electrons. The largest absolute Gasteiger partial charge is 0.347 e. The van der Waals surface area contributed by atoms with E-state index in [9.17, 15) is 14.4 Å². The molecule has 1 aromatic carbocycles. The summed E-state index contributed by atoms with van der Waals surface area (Å²) in [6.45, 7) is 0. The highest BCUT2D eigenvalue weighted by atomic mass is 16.2. The van der Waals surface area contributed by atoms with Gasteiger partial charge in [-0.1, -0.05) is 12.1 Å². The second-order valence-electron chi connectivity index (χ2n) is 10.1. The molecular weight excluding hydrogens is 366 g/mol. The van der Waals surface area contributed by atoms with E-state index in [1.54, 1.807) is 30.1 Å². The Morgan fingerprint density at radius 1 is 1.03 bits per heavy atom. The predicted molar refractivity (Wildman–Crippen MR) is 107 cm³/mol. The van der Waals surface area contributed by atoms with Gasteiger partial charge in [-0.15, -0.1) is 0 Å². The second kappa shape index (κ2) is 5.61. The lowest BCUT2D eigenvalue weighted by molar-refractivity contribution is -0.138. The van der Waals surface area contributed by atoms with Crippen LogP contribution in [0.15, 0.2) is 24.3 Å². The van der Waals surface area contributed by atoms with Gasteiger partial charge in [0.25, 0.3) is 11.8 Å². The molecule has 6 aliphatic rings. The third-order valence-corrected chi connectivity index (χ3v) is 8.32. The molecule has 3 amide bonds. The molecule has 1 aromatic rings. The Morgan fingerprint density at radius 2 is 1.66 bits per heavy atom. The fourth-order valence-corrected chi connectivity index (χ4v) is 7.53. The Kier molecular flexibility index (Phi) is 3.38. The molecular formula is C23H27N3O3. The van der Waals surface area contributed by atoms with E-state index in [0.29, 0.717) is 35.4 Å². The molecule has 0 radical (unpaired) electrons. The van der Waals surface area contributed by atoms with Crippen molar-refractivity contribution in [3.8, 4) is 0 Å². The Balaban J connectivity index is 1.40. The molecule has 0 aromatic heterocycles. The van der Waals surface area contributed by atoms with Crippen LogP contribution in [-0.2, 0) is 9.59 Å². The van der Waals surface area contributed by atoms with Crippen molar-refractivity contribution in [3.63, 3.8) is 0 Å². The van der Waals surface area contributed by atoms with Crippen LogP contribution < -0.4 is 10.2 Å². The number of carbonyl (C=O) groups excluding carboxylic acids is 3. The maximum absolute atomic E-state index is 13.9. The summed E-state index contributed by atoms with van der Waals surface area (Å²) in [7, 11) is 1.67. The Labute approximate surface area is 170 Å². The number of benzene rings is 1. The van der Waals surface area contributed by atoms with Crippen molar-refractivity contribution < 1.29 is 14.4 Å². The average Bonchev–Trinajstić information content (AvgIpc) is 3.03.